The van der Waals surface area contributed by atoms with Crippen molar-refractivity contribution in [3.05, 3.63) is 0 Å². The molecule has 0 rings (SSSR count). The Morgan fingerprint density at radius 2 is 1.02 bits per heavy atom. The van der Waals surface area contributed by atoms with Crippen molar-refractivity contribution in [3.63, 3.8) is 0 Å². The molecule has 0 spiro atoms. The molecule has 0 saturated carbocycles. The highest BCUT2D eigenvalue weighted by molar-refractivity contribution is 6.01. The first kappa shape index (κ1) is 41.9. The van der Waals surface area contributed by atoms with Crippen LogP contribution in [0.5, 0.6) is 0 Å². The van der Waals surface area contributed by atoms with E-state index in [1.54, 1.807) is 20.8 Å². The number of nitrogens with zero attached hydrogens (tertiary/aromatic N) is 2. The van der Waals surface area contributed by atoms with Crippen molar-refractivity contribution in [1.82, 2.24) is 10.2 Å². The summed E-state index contributed by atoms with van der Waals surface area (Å²) in [5, 5.41) is 12.3. The second-order valence-electron chi connectivity index (χ2n) is 13.5. The third-order valence-electron chi connectivity index (χ3n) is 7.76. The molecule has 8 heteroatoms. The Hall–Kier alpha value is -2.12. The number of aliphatic carboxylic acids is 1. The molecule has 0 aromatic carbocycles. The number of nitrogens with one attached hydrogen (secondary N) is 1. The number of rotatable bonds is 27. The van der Waals surface area contributed by atoms with Gasteiger partial charge in [-0.15, -0.1) is 4.99 Å². The molecule has 0 aliphatic carbocycles. The van der Waals surface area contributed by atoms with Gasteiger partial charge in [0, 0.05) is 13.0 Å². The standard InChI is InChI=1S/C36H69N3O5/c1-6-8-10-12-14-16-18-20-22-24-26-28-30-39(31-33(41)42)34(38-35(43)44-36(3,4)5)37-32(40)29-27-25-23-21-19-17-15-13-11-9-7-2/h6-31H2,1-5H3,(H,41,42)(H,37,38,40,43). The van der Waals surface area contributed by atoms with Crippen LogP contribution in [0.15, 0.2) is 4.99 Å². The van der Waals surface area contributed by atoms with Crippen LogP contribution in [-0.4, -0.2) is 52.6 Å². The van der Waals surface area contributed by atoms with Crippen molar-refractivity contribution in [2.75, 3.05) is 13.1 Å². The average Bonchev–Trinajstić information content (AvgIpc) is 2.94. The van der Waals surface area contributed by atoms with E-state index >= 15 is 0 Å². The summed E-state index contributed by atoms with van der Waals surface area (Å²) in [4.78, 5) is 42.6. The highest BCUT2D eigenvalue weighted by Gasteiger charge is 2.22. The van der Waals surface area contributed by atoms with E-state index in [1.165, 1.54) is 114 Å². The number of carboxylic acid groups (broad SMARTS) is 1. The zero-order valence-corrected chi connectivity index (χ0v) is 29.4. The van der Waals surface area contributed by atoms with Crippen molar-refractivity contribution in [1.29, 1.82) is 0 Å². The summed E-state index contributed by atoms with van der Waals surface area (Å²) in [6.07, 6.45) is 27.0. The molecule has 2 N–H and O–H groups in total. The molecule has 0 heterocycles. The molecule has 0 unspecified atom stereocenters. The number of carbonyl (C=O) groups is 3. The van der Waals surface area contributed by atoms with Crippen LogP contribution in [0, 0.1) is 0 Å². The van der Waals surface area contributed by atoms with Crippen LogP contribution in [0.3, 0.4) is 0 Å². The molecule has 0 aliphatic rings. The molecule has 8 nitrogen and oxygen atoms in total. The van der Waals surface area contributed by atoms with Gasteiger partial charge < -0.3 is 14.7 Å². The zero-order valence-electron chi connectivity index (χ0n) is 29.4. The van der Waals surface area contributed by atoms with Gasteiger partial charge in [-0.1, -0.05) is 149 Å². The minimum absolute atomic E-state index is 0.0298. The maximum absolute atomic E-state index is 12.8. The Morgan fingerprint density at radius 3 is 1.41 bits per heavy atom. The van der Waals surface area contributed by atoms with Crippen molar-refractivity contribution < 1.29 is 24.2 Å². The summed E-state index contributed by atoms with van der Waals surface area (Å²) in [5.41, 5.74) is -0.752. The Bertz CT molecular complexity index is 763. The van der Waals surface area contributed by atoms with Crippen LogP contribution in [0.1, 0.15) is 189 Å². The van der Waals surface area contributed by atoms with Crippen LogP contribution in [0.4, 0.5) is 4.79 Å². The number of guanidine groups is 1. The lowest BCUT2D eigenvalue weighted by atomic mass is 10.1. The van der Waals surface area contributed by atoms with E-state index in [2.05, 4.69) is 24.2 Å². The molecule has 0 bridgehead atoms. The molecule has 258 valence electrons. The van der Waals surface area contributed by atoms with E-state index in [-0.39, 0.29) is 18.4 Å². The van der Waals surface area contributed by atoms with Gasteiger partial charge in [0.1, 0.15) is 12.1 Å². The lowest BCUT2D eigenvalue weighted by Crippen LogP contribution is -2.47. The van der Waals surface area contributed by atoms with Crippen molar-refractivity contribution in [2.24, 2.45) is 4.99 Å². The topological polar surface area (TPSA) is 108 Å². The predicted molar refractivity (Wildman–Crippen MR) is 183 cm³/mol. The zero-order chi connectivity index (χ0) is 32.9. The molecule has 44 heavy (non-hydrogen) atoms. The fourth-order valence-corrected chi connectivity index (χ4v) is 5.25. The number of unbranched alkanes of at least 4 members (excludes halogenated alkanes) is 21. The van der Waals surface area contributed by atoms with Crippen LogP contribution < -0.4 is 5.32 Å². The quantitative estimate of drug-likeness (QED) is 0.0535. The third kappa shape index (κ3) is 28.6. The van der Waals surface area contributed by atoms with E-state index < -0.39 is 17.7 Å². The summed E-state index contributed by atoms with van der Waals surface area (Å²) in [6, 6.07) is 0. The first-order chi connectivity index (χ1) is 21.1. The molecule has 0 radical (unpaired) electrons. The van der Waals surface area contributed by atoms with Crippen LogP contribution in [0.25, 0.3) is 0 Å². The number of hydrogen-bond donors (Lipinski definition) is 2. The first-order valence-corrected chi connectivity index (χ1v) is 18.2. The largest absolute Gasteiger partial charge is 0.480 e. The number of hydrogen-bond acceptors (Lipinski definition) is 4. The third-order valence-corrected chi connectivity index (χ3v) is 7.76. The lowest BCUT2D eigenvalue weighted by Gasteiger charge is -2.25. The molecule has 2 amide bonds. The van der Waals surface area contributed by atoms with Crippen LogP contribution in [0.2, 0.25) is 0 Å². The second kappa shape index (κ2) is 28.4. The number of carbonyl (C=O) groups excluding carboxylic acids is 2. The Morgan fingerprint density at radius 1 is 0.636 bits per heavy atom. The molecule has 0 atom stereocenters. The van der Waals surface area contributed by atoms with E-state index in [9.17, 15) is 19.5 Å². The van der Waals surface area contributed by atoms with Gasteiger partial charge in [0.15, 0.2) is 0 Å². The number of aliphatic imine (C=N–C) groups is 1. The van der Waals surface area contributed by atoms with E-state index in [0.717, 1.165) is 38.5 Å². The smallest absolute Gasteiger partial charge is 0.437 e. The Kier molecular flexibility index (Phi) is 27.0. The minimum Gasteiger partial charge on any atom is -0.480 e. The molecule has 0 aromatic heterocycles. The minimum atomic E-state index is -1.04. The van der Waals surface area contributed by atoms with E-state index in [0.29, 0.717) is 13.0 Å². The van der Waals surface area contributed by atoms with Crippen molar-refractivity contribution in [3.8, 4) is 0 Å². The van der Waals surface area contributed by atoms with E-state index in [4.69, 9.17) is 4.74 Å². The highest BCUT2D eigenvalue weighted by Crippen LogP contribution is 2.14. The molecular formula is C36H69N3O5. The van der Waals surface area contributed by atoms with Crippen molar-refractivity contribution in [2.45, 2.75) is 194 Å². The monoisotopic (exact) mass is 624 g/mol. The summed E-state index contributed by atoms with van der Waals surface area (Å²) >= 11 is 0. The molecule has 0 aliphatic heterocycles. The predicted octanol–water partition coefficient (Wildman–Crippen LogP) is 10.2. The summed E-state index contributed by atoms with van der Waals surface area (Å²) in [7, 11) is 0. The lowest BCUT2D eigenvalue weighted by molar-refractivity contribution is -0.137. The summed E-state index contributed by atoms with van der Waals surface area (Å²) < 4.78 is 5.34. The Labute approximate surface area is 270 Å². The number of ether oxygens (including phenoxy) is 1. The SMILES string of the molecule is CCCCCCCCCCCCCCN(CC(=O)O)/C(=N\C(=O)OC(C)(C)C)NC(=O)CCCCCCCCCCCCC. The summed E-state index contributed by atoms with van der Waals surface area (Å²) in [6.45, 7) is 9.75. The van der Waals surface area contributed by atoms with Gasteiger partial charge >= 0.3 is 12.1 Å². The maximum atomic E-state index is 12.8. The Balaban J connectivity index is 4.73. The first-order valence-electron chi connectivity index (χ1n) is 18.2. The molecular weight excluding hydrogens is 554 g/mol. The van der Waals surface area contributed by atoms with Gasteiger partial charge in [0.25, 0.3) is 0 Å². The van der Waals surface area contributed by atoms with Gasteiger partial charge in [-0.3, -0.25) is 14.9 Å². The van der Waals surface area contributed by atoms with Gasteiger partial charge in [-0.2, -0.15) is 0 Å². The number of amides is 2. The molecule has 0 fully saturated rings. The summed E-state index contributed by atoms with van der Waals surface area (Å²) in [5.74, 6) is -1.33. The fraction of sp³-hybridized carbons (Fsp3) is 0.889. The normalized spacial score (nSPS) is 11.9. The van der Waals surface area contributed by atoms with Crippen molar-refractivity contribution >= 4 is 23.9 Å². The molecule has 0 aromatic rings. The average molecular weight is 624 g/mol. The van der Waals surface area contributed by atoms with Gasteiger partial charge in [0.2, 0.25) is 11.9 Å². The van der Waals surface area contributed by atoms with Gasteiger partial charge in [-0.25, -0.2) is 4.79 Å². The fourth-order valence-electron chi connectivity index (χ4n) is 5.25. The maximum Gasteiger partial charge on any atom is 0.437 e. The van der Waals surface area contributed by atoms with Gasteiger partial charge in [-0.05, 0) is 33.6 Å². The van der Waals surface area contributed by atoms with Gasteiger partial charge in [0.05, 0.1) is 0 Å². The number of carboxylic acids is 1. The highest BCUT2D eigenvalue weighted by atomic mass is 16.6. The van der Waals surface area contributed by atoms with Crippen LogP contribution >= 0.6 is 0 Å². The van der Waals surface area contributed by atoms with E-state index in [1.807, 2.05) is 0 Å². The molecule has 0 saturated heterocycles. The second-order valence-corrected chi connectivity index (χ2v) is 13.5. The van der Waals surface area contributed by atoms with Crippen LogP contribution in [-0.2, 0) is 14.3 Å².